The first-order valence-electron chi connectivity index (χ1n) is 19.5. The molecular weight excluding hydrogens is 735 g/mol. The summed E-state index contributed by atoms with van der Waals surface area (Å²) < 4.78 is 31.6. The van der Waals surface area contributed by atoms with E-state index in [1.807, 2.05) is 62.3 Å². The van der Waals surface area contributed by atoms with Crippen LogP contribution in [0.5, 0.6) is 5.75 Å². The lowest BCUT2D eigenvalue weighted by Crippen LogP contribution is -2.62. The van der Waals surface area contributed by atoms with Gasteiger partial charge in [0.15, 0.2) is 9.84 Å². The first-order valence-corrected chi connectivity index (χ1v) is 21.2. The van der Waals surface area contributed by atoms with Gasteiger partial charge in [0.2, 0.25) is 5.91 Å². The monoisotopic (exact) mass is 797 g/mol. The molecule has 6 rings (SSSR count). The molecule has 4 fully saturated rings. The Kier molecular flexibility index (Phi) is 13.3. The smallest absolute Gasteiger partial charge is 0.251 e. The van der Waals surface area contributed by atoms with Crippen molar-refractivity contribution in [2.45, 2.75) is 84.3 Å². The van der Waals surface area contributed by atoms with Crippen molar-refractivity contribution < 1.29 is 37.8 Å². The normalized spacial score (nSPS) is 26.9. The van der Waals surface area contributed by atoms with Gasteiger partial charge < -0.3 is 35.4 Å². The maximum Gasteiger partial charge on any atom is 0.251 e. The van der Waals surface area contributed by atoms with E-state index in [1.54, 1.807) is 31.2 Å². The molecule has 9 atom stereocenters. The van der Waals surface area contributed by atoms with Gasteiger partial charge in [0.25, 0.3) is 5.91 Å². The number of aliphatic hydroxyl groups is 2. The molecule has 1 heterocycles. The van der Waals surface area contributed by atoms with Crippen molar-refractivity contribution in [3.05, 3.63) is 59.0 Å². The van der Waals surface area contributed by atoms with Gasteiger partial charge in [0.1, 0.15) is 17.9 Å². The van der Waals surface area contributed by atoms with Crippen molar-refractivity contribution in [3.63, 3.8) is 0 Å². The van der Waals surface area contributed by atoms with Gasteiger partial charge in [-0.25, -0.2) is 8.42 Å². The molecule has 4 aliphatic rings. The van der Waals surface area contributed by atoms with E-state index in [9.17, 15) is 28.2 Å². The molecule has 56 heavy (non-hydrogen) atoms. The Morgan fingerprint density at radius 2 is 1.84 bits per heavy atom. The van der Waals surface area contributed by atoms with Crippen molar-refractivity contribution in [2.24, 2.45) is 29.1 Å². The predicted molar refractivity (Wildman–Crippen MR) is 219 cm³/mol. The van der Waals surface area contributed by atoms with Gasteiger partial charge in [0, 0.05) is 59.9 Å². The minimum atomic E-state index is -3.63. The van der Waals surface area contributed by atoms with E-state index >= 15 is 0 Å². The molecule has 2 amide bonds. The molecule has 0 radical (unpaired) electrons. The van der Waals surface area contributed by atoms with Gasteiger partial charge in [-0.3, -0.25) is 14.4 Å². The fraction of sp³-hybridized carbons (Fsp3) is 0.619. The summed E-state index contributed by atoms with van der Waals surface area (Å²) in [6.45, 7) is 13.6. The second-order valence-electron chi connectivity index (χ2n) is 17.3. The number of carbonyl (C=O) groups is 2. The number of ether oxygens (including phenoxy) is 1. The van der Waals surface area contributed by atoms with Gasteiger partial charge in [-0.2, -0.15) is 5.06 Å². The van der Waals surface area contributed by atoms with Crippen LogP contribution in [0.1, 0.15) is 63.4 Å². The van der Waals surface area contributed by atoms with E-state index in [-0.39, 0.29) is 41.2 Å². The van der Waals surface area contributed by atoms with Crippen LogP contribution in [0.15, 0.2) is 47.9 Å². The number of anilines is 1. The summed E-state index contributed by atoms with van der Waals surface area (Å²) in [5.74, 6) is 0.241. The molecule has 13 nitrogen and oxygen atoms in total. The first-order chi connectivity index (χ1) is 26.2. The van der Waals surface area contributed by atoms with Gasteiger partial charge in [-0.15, -0.1) is 0 Å². The number of sulfone groups is 1. The second kappa shape index (κ2) is 17.1. The zero-order valence-corrected chi connectivity index (χ0v) is 35.5. The molecule has 14 heteroatoms. The maximum absolute atomic E-state index is 14.3. The number of nitrogens with one attached hydrogen (secondary N) is 2. The SMILES string of the molecule is C=C(C)S(=O)(=O)C[C@H](CN(C)C)NC(=O)c1cc(-c2cccc(CN3O[C@@H](CO)[C@@H]([C@H](C)O)[C@H]3C(=O)N[C@H]3C[C@H]4C[C@@H]([C@@H]3C)C4(C)C)c2OC)cc(N(C)C)c1. The van der Waals surface area contributed by atoms with Crippen molar-refractivity contribution in [2.75, 3.05) is 59.1 Å². The number of carbonyl (C=O) groups excluding carboxylic acids is 2. The summed E-state index contributed by atoms with van der Waals surface area (Å²) in [6.07, 6.45) is 0.348. The summed E-state index contributed by atoms with van der Waals surface area (Å²) >= 11 is 0. The van der Waals surface area contributed by atoms with Crippen LogP contribution >= 0.6 is 0 Å². The summed E-state index contributed by atoms with van der Waals surface area (Å²) in [4.78, 5) is 38.1. The number of allylic oxidation sites excluding steroid dienone is 1. The Morgan fingerprint density at radius 1 is 1.14 bits per heavy atom. The van der Waals surface area contributed by atoms with Crippen LogP contribution in [-0.2, 0) is 26.0 Å². The first kappa shape index (κ1) is 43.6. The maximum atomic E-state index is 14.3. The highest BCUT2D eigenvalue weighted by molar-refractivity contribution is 7.95. The average Bonchev–Trinajstić information content (AvgIpc) is 3.49. The van der Waals surface area contributed by atoms with Crippen LogP contribution in [0.2, 0.25) is 0 Å². The van der Waals surface area contributed by atoms with Crippen LogP contribution in [0.25, 0.3) is 11.1 Å². The number of methoxy groups -OCH3 is 1. The lowest BCUT2D eigenvalue weighted by molar-refractivity contribution is -0.183. The molecule has 0 aromatic heterocycles. The molecule has 1 aliphatic heterocycles. The van der Waals surface area contributed by atoms with E-state index < -0.39 is 46.0 Å². The molecule has 4 N–H and O–H groups in total. The van der Waals surface area contributed by atoms with Crippen molar-refractivity contribution >= 4 is 27.3 Å². The lowest BCUT2D eigenvalue weighted by Gasteiger charge is -2.62. The number of fused-ring (bicyclic) bond motifs is 2. The highest BCUT2D eigenvalue weighted by atomic mass is 32.2. The zero-order chi connectivity index (χ0) is 41.4. The van der Waals surface area contributed by atoms with Crippen LogP contribution < -0.4 is 20.3 Å². The lowest BCUT2D eigenvalue weighted by atomic mass is 9.45. The van der Waals surface area contributed by atoms with Gasteiger partial charge in [0.05, 0.1) is 38.2 Å². The van der Waals surface area contributed by atoms with E-state index in [2.05, 4.69) is 38.0 Å². The highest BCUT2D eigenvalue weighted by Crippen LogP contribution is 2.61. The minimum Gasteiger partial charge on any atom is -0.496 e. The third-order valence-corrected chi connectivity index (χ3v) is 14.5. The topological polar surface area (TPSA) is 161 Å². The van der Waals surface area contributed by atoms with Crippen molar-refractivity contribution in [1.82, 2.24) is 20.6 Å². The summed E-state index contributed by atoms with van der Waals surface area (Å²) in [5, 5.41) is 29.1. The van der Waals surface area contributed by atoms with Gasteiger partial charge >= 0.3 is 0 Å². The number of aliphatic hydroxyl groups excluding tert-OH is 2. The molecule has 1 saturated heterocycles. The number of para-hydroxylation sites is 1. The van der Waals surface area contributed by atoms with Crippen LogP contribution in [0, 0.1) is 29.1 Å². The fourth-order valence-electron chi connectivity index (χ4n) is 9.24. The van der Waals surface area contributed by atoms with Crippen LogP contribution in [-0.4, -0.2) is 125 Å². The third kappa shape index (κ3) is 8.95. The Bertz CT molecular complexity index is 1880. The van der Waals surface area contributed by atoms with Crippen molar-refractivity contribution in [1.29, 1.82) is 0 Å². The average molecular weight is 798 g/mol. The molecule has 2 aromatic rings. The van der Waals surface area contributed by atoms with E-state index in [4.69, 9.17) is 9.57 Å². The number of benzene rings is 2. The number of nitrogens with zero attached hydrogens (tertiary/aromatic N) is 3. The number of hydrogen-bond donors (Lipinski definition) is 4. The molecule has 0 spiro atoms. The number of rotatable bonds is 16. The fourth-order valence-corrected chi connectivity index (χ4v) is 10.2. The van der Waals surface area contributed by atoms with E-state index in [0.717, 1.165) is 12.1 Å². The summed E-state index contributed by atoms with van der Waals surface area (Å²) in [7, 11) is 5.28. The molecule has 310 valence electrons. The number of likely N-dealkylation sites (N-methyl/N-ethyl adjacent to an activating group) is 1. The molecule has 2 aromatic carbocycles. The zero-order valence-electron chi connectivity index (χ0n) is 34.7. The van der Waals surface area contributed by atoms with Gasteiger partial charge in [-0.1, -0.05) is 45.5 Å². The third-order valence-electron chi connectivity index (χ3n) is 12.6. The predicted octanol–water partition coefficient (Wildman–Crippen LogP) is 3.70. The summed E-state index contributed by atoms with van der Waals surface area (Å²) in [6, 6.07) is 9.49. The number of hydrogen-bond acceptors (Lipinski definition) is 11. The molecule has 3 saturated carbocycles. The van der Waals surface area contributed by atoms with E-state index in [1.165, 1.54) is 13.3 Å². The van der Waals surface area contributed by atoms with Crippen LogP contribution in [0.4, 0.5) is 5.69 Å². The number of amides is 2. The quantitative estimate of drug-likeness (QED) is 0.196. The molecule has 2 bridgehead atoms. The van der Waals surface area contributed by atoms with Crippen molar-refractivity contribution in [3.8, 4) is 16.9 Å². The largest absolute Gasteiger partial charge is 0.496 e. The highest BCUT2D eigenvalue weighted by Gasteiger charge is 2.57. The molecule has 0 unspecified atom stereocenters. The Morgan fingerprint density at radius 3 is 2.39 bits per heavy atom. The summed E-state index contributed by atoms with van der Waals surface area (Å²) in [5.41, 5.74) is 3.38. The van der Waals surface area contributed by atoms with Crippen LogP contribution in [0.3, 0.4) is 0 Å². The molecular formula is C42H63N5O8S. The Balaban J connectivity index is 1.46. The minimum absolute atomic E-state index is 0.00542. The second-order valence-corrected chi connectivity index (χ2v) is 19.6. The number of hydroxylamine groups is 2. The van der Waals surface area contributed by atoms with Gasteiger partial charge in [-0.05, 0) is 87.7 Å². The Labute approximate surface area is 333 Å². The molecule has 3 aliphatic carbocycles. The van der Waals surface area contributed by atoms with E-state index in [0.29, 0.717) is 52.3 Å². The Hall–Kier alpha value is -3.53. The standard InChI is InChI=1S/C42H63N5O8S/c1-24(2)56(52,53)23-31(21-45(7)8)43-40(50)29-15-28(16-32(17-29)46(9)10)33-14-12-13-27(39(33)54-11)20-47-38(37(26(4)49)36(22-48)55-47)41(51)44-35-19-30-18-34(25(35)3)42(30,5)6/h12-17,25-26,30-31,34-38,48-49H,1,18-23H2,2-11H3,(H,43,50)(H,44,51)/t25-,26-,30+,31-,34-,35-,36-,37+,38-/m0/s1.